The highest BCUT2D eigenvalue weighted by Crippen LogP contribution is 2.40. The first-order valence-corrected chi connectivity index (χ1v) is 17.1. The minimum atomic E-state index is -4.36. The van der Waals surface area contributed by atoms with Crippen LogP contribution in [-0.2, 0) is 26.0 Å². The Morgan fingerprint density at radius 2 is 1.93 bits per heavy atom. The fourth-order valence-electron chi connectivity index (χ4n) is 6.83. The van der Waals surface area contributed by atoms with Crippen LogP contribution in [0, 0.1) is 11.7 Å². The number of halogens is 5. The molecule has 3 aliphatic heterocycles. The number of fused-ring (bicyclic) bond motifs is 2. The maximum atomic E-state index is 15.1. The summed E-state index contributed by atoms with van der Waals surface area (Å²) in [4.78, 5) is 13.5. The van der Waals surface area contributed by atoms with Crippen molar-refractivity contribution in [3.05, 3.63) is 64.4 Å². The number of benzene rings is 2. The molecule has 2 aromatic carbocycles. The van der Waals surface area contributed by atoms with Crippen molar-refractivity contribution in [1.29, 1.82) is 0 Å². The third-order valence-electron chi connectivity index (χ3n) is 9.02. The third kappa shape index (κ3) is 8.51. The van der Waals surface area contributed by atoms with Crippen molar-refractivity contribution in [3.63, 3.8) is 0 Å². The number of hydrogen-bond acceptors (Lipinski definition) is 5. The standard InChI is InChI=1S/C31H38ClF4N3O4S/c32-22-8-6-20(7-9-22)27(21-12-13-43-25(15-21)17-31(34,35)36)16-30(40)38-29-5-1-4-28(33)26(29)11-10-24-18-37-23-3-2-14-44(41,42)39(24)19-23/h1,4-9,21,23-25,27,37H,2-3,10-19H2,(H,38,40)/t21?,23?,24?,25?,27-/m0/s1. The predicted molar refractivity (Wildman–Crippen MR) is 161 cm³/mol. The Bertz CT molecular complexity index is 1410. The summed E-state index contributed by atoms with van der Waals surface area (Å²) in [6.45, 7) is 1.04. The first-order chi connectivity index (χ1) is 20.9. The van der Waals surface area contributed by atoms with E-state index in [1.807, 2.05) is 0 Å². The summed E-state index contributed by atoms with van der Waals surface area (Å²) in [6.07, 6.45) is -3.80. The summed E-state index contributed by atoms with van der Waals surface area (Å²) in [6, 6.07) is 11.1. The van der Waals surface area contributed by atoms with Gasteiger partial charge in [0.05, 0.1) is 18.3 Å². The molecule has 5 rings (SSSR count). The van der Waals surface area contributed by atoms with E-state index >= 15 is 4.39 Å². The number of nitrogens with one attached hydrogen (secondary N) is 2. The summed E-state index contributed by atoms with van der Waals surface area (Å²) >= 11 is 6.08. The number of nitrogens with zero attached hydrogens (tertiary/aromatic N) is 1. The maximum absolute atomic E-state index is 15.1. The van der Waals surface area contributed by atoms with Crippen LogP contribution < -0.4 is 10.6 Å². The van der Waals surface area contributed by atoms with Crippen LogP contribution in [0.2, 0.25) is 5.02 Å². The monoisotopic (exact) mass is 659 g/mol. The van der Waals surface area contributed by atoms with E-state index in [1.54, 1.807) is 34.6 Å². The van der Waals surface area contributed by atoms with E-state index in [2.05, 4.69) is 10.6 Å². The minimum absolute atomic E-state index is 0.0268. The normalized spacial score (nSPS) is 27.7. The molecule has 2 N–H and O–H groups in total. The van der Waals surface area contributed by atoms with Crippen LogP contribution in [0.15, 0.2) is 42.5 Å². The molecule has 13 heteroatoms. The summed E-state index contributed by atoms with van der Waals surface area (Å²) in [7, 11) is -3.40. The van der Waals surface area contributed by atoms with Crippen LogP contribution in [0.1, 0.15) is 62.0 Å². The number of amides is 1. The Morgan fingerprint density at radius 3 is 2.68 bits per heavy atom. The molecule has 7 nitrogen and oxygen atoms in total. The van der Waals surface area contributed by atoms with Crippen molar-refractivity contribution in [1.82, 2.24) is 9.62 Å². The van der Waals surface area contributed by atoms with Gasteiger partial charge in [-0.05, 0) is 80.2 Å². The molecule has 3 saturated heterocycles. The molecule has 0 aliphatic carbocycles. The zero-order valence-corrected chi connectivity index (χ0v) is 25.9. The lowest BCUT2D eigenvalue weighted by Gasteiger charge is -2.37. The van der Waals surface area contributed by atoms with E-state index < -0.39 is 46.4 Å². The molecule has 3 fully saturated rings. The van der Waals surface area contributed by atoms with Gasteiger partial charge >= 0.3 is 6.18 Å². The summed E-state index contributed by atoms with van der Waals surface area (Å²) in [5, 5.41) is 6.76. The quantitative estimate of drug-likeness (QED) is 0.321. The van der Waals surface area contributed by atoms with Gasteiger partial charge in [0.25, 0.3) is 0 Å². The number of rotatable bonds is 9. The molecular weight excluding hydrogens is 622 g/mol. The molecule has 3 aliphatic rings. The van der Waals surface area contributed by atoms with Crippen LogP contribution in [-0.4, -0.2) is 68.4 Å². The fourth-order valence-corrected chi connectivity index (χ4v) is 8.76. The molecule has 0 saturated carbocycles. The number of alkyl halides is 3. The van der Waals surface area contributed by atoms with Crippen LogP contribution in [0.25, 0.3) is 0 Å². The van der Waals surface area contributed by atoms with Crippen LogP contribution >= 0.6 is 11.6 Å². The number of carbonyl (C=O) groups is 1. The van der Waals surface area contributed by atoms with Gasteiger partial charge in [-0.25, -0.2) is 12.8 Å². The average Bonchev–Trinajstić information content (AvgIpc) is 3.07. The molecule has 44 heavy (non-hydrogen) atoms. The van der Waals surface area contributed by atoms with Crippen molar-refractivity contribution in [2.75, 3.05) is 30.8 Å². The van der Waals surface area contributed by atoms with Gasteiger partial charge in [0.2, 0.25) is 15.9 Å². The van der Waals surface area contributed by atoms with Gasteiger partial charge in [-0.15, -0.1) is 0 Å². The molecule has 242 valence electrons. The summed E-state index contributed by atoms with van der Waals surface area (Å²) < 4.78 is 87.2. The van der Waals surface area contributed by atoms with Crippen LogP contribution in [0.4, 0.5) is 23.2 Å². The highest BCUT2D eigenvalue weighted by molar-refractivity contribution is 7.89. The minimum Gasteiger partial charge on any atom is -0.378 e. The van der Waals surface area contributed by atoms with E-state index in [-0.39, 0.29) is 55.2 Å². The first kappa shape index (κ1) is 33.1. The van der Waals surface area contributed by atoms with Crippen LogP contribution in [0.3, 0.4) is 0 Å². The van der Waals surface area contributed by atoms with Crippen molar-refractivity contribution < 1.29 is 35.5 Å². The molecular formula is C31H38ClF4N3O4S. The molecule has 2 aromatic rings. The Kier molecular flexibility index (Phi) is 10.6. The highest BCUT2D eigenvalue weighted by Gasteiger charge is 2.39. The molecule has 1 amide bonds. The largest absolute Gasteiger partial charge is 0.391 e. The predicted octanol–water partition coefficient (Wildman–Crippen LogP) is 6.04. The van der Waals surface area contributed by atoms with Crippen molar-refractivity contribution >= 4 is 33.2 Å². The Labute approximate surface area is 260 Å². The molecule has 0 spiro atoms. The van der Waals surface area contributed by atoms with Gasteiger partial charge in [-0.3, -0.25) is 4.79 Å². The third-order valence-corrected chi connectivity index (χ3v) is 11.2. The number of piperazine rings is 1. The number of sulfonamides is 1. The smallest absolute Gasteiger partial charge is 0.378 e. The lowest BCUT2D eigenvalue weighted by atomic mass is 9.77. The van der Waals surface area contributed by atoms with Gasteiger partial charge in [-0.1, -0.05) is 29.8 Å². The molecule has 6 atom stereocenters. The first-order valence-electron chi connectivity index (χ1n) is 15.1. The number of hydrogen-bond donors (Lipinski definition) is 2. The lowest BCUT2D eigenvalue weighted by Crippen LogP contribution is -2.57. The zero-order chi connectivity index (χ0) is 31.5. The molecule has 5 unspecified atom stereocenters. The summed E-state index contributed by atoms with van der Waals surface area (Å²) in [5.74, 6) is -1.45. The van der Waals surface area contributed by atoms with Gasteiger partial charge in [0.15, 0.2) is 0 Å². The number of anilines is 1. The van der Waals surface area contributed by atoms with Crippen molar-refractivity contribution in [3.8, 4) is 0 Å². The number of ether oxygens (including phenoxy) is 1. The van der Waals surface area contributed by atoms with Gasteiger partial charge < -0.3 is 15.4 Å². The Balaban J connectivity index is 1.30. The number of carbonyl (C=O) groups excluding carboxylic acids is 1. The average molecular weight is 660 g/mol. The SMILES string of the molecule is O=C(C[C@@H](c1ccc(Cl)cc1)C1CCOC(CC(F)(F)F)C1)Nc1cccc(F)c1CCC1CNC2CCCS(=O)(=O)N1C2. The van der Waals surface area contributed by atoms with E-state index in [0.717, 1.165) is 12.0 Å². The van der Waals surface area contributed by atoms with E-state index in [0.29, 0.717) is 43.1 Å². The molecule has 0 radical (unpaired) electrons. The van der Waals surface area contributed by atoms with Crippen LogP contribution in [0.5, 0.6) is 0 Å². The second kappa shape index (κ2) is 14.0. The van der Waals surface area contributed by atoms with Gasteiger partial charge in [0.1, 0.15) is 5.82 Å². The molecule has 0 aromatic heterocycles. The Hall–Kier alpha value is -2.25. The van der Waals surface area contributed by atoms with E-state index in [1.165, 1.54) is 12.1 Å². The second-order valence-corrected chi connectivity index (χ2v) is 14.6. The second-order valence-electron chi connectivity index (χ2n) is 12.1. The molecule has 3 heterocycles. The zero-order valence-electron chi connectivity index (χ0n) is 24.3. The van der Waals surface area contributed by atoms with Gasteiger partial charge in [0, 0.05) is 54.5 Å². The van der Waals surface area contributed by atoms with Gasteiger partial charge in [-0.2, -0.15) is 17.5 Å². The van der Waals surface area contributed by atoms with E-state index in [9.17, 15) is 26.4 Å². The summed E-state index contributed by atoms with van der Waals surface area (Å²) in [5.41, 5.74) is 1.37. The van der Waals surface area contributed by atoms with Crippen molar-refractivity contribution in [2.45, 2.75) is 81.6 Å². The Morgan fingerprint density at radius 1 is 1.16 bits per heavy atom. The fraction of sp³-hybridized carbons (Fsp3) is 0.581. The maximum Gasteiger partial charge on any atom is 0.391 e. The topological polar surface area (TPSA) is 87.7 Å². The highest BCUT2D eigenvalue weighted by atomic mass is 35.5. The van der Waals surface area contributed by atoms with E-state index in [4.69, 9.17) is 16.3 Å². The lowest BCUT2D eigenvalue weighted by molar-refractivity contribution is -0.169. The van der Waals surface area contributed by atoms with Crippen molar-refractivity contribution in [2.24, 2.45) is 5.92 Å². The molecule has 2 bridgehead atoms.